The molecule has 0 saturated heterocycles. The Kier molecular flexibility index (Phi) is 4.99. The Morgan fingerprint density at radius 2 is 1.52 bits per heavy atom. The third-order valence-electron chi connectivity index (χ3n) is 4.35. The Morgan fingerprint density at radius 1 is 0.957 bits per heavy atom. The Hall–Kier alpha value is -1.84. The van der Waals surface area contributed by atoms with Gasteiger partial charge in [-0.25, -0.2) is 0 Å². The number of aliphatic hydroxyl groups is 1. The van der Waals surface area contributed by atoms with E-state index in [2.05, 4.69) is 72.3 Å². The summed E-state index contributed by atoms with van der Waals surface area (Å²) in [5, 5.41) is 16.3. The van der Waals surface area contributed by atoms with Gasteiger partial charge < -0.3 is 15.0 Å². The Morgan fingerprint density at radius 3 is 2.09 bits per heavy atom. The summed E-state index contributed by atoms with van der Waals surface area (Å²) in [4.78, 5) is 0. The van der Waals surface area contributed by atoms with E-state index in [0.717, 1.165) is 13.0 Å². The van der Waals surface area contributed by atoms with Crippen molar-refractivity contribution in [1.82, 2.24) is 9.88 Å². The monoisotopic (exact) mass is 310 g/mol. The first-order chi connectivity index (χ1) is 11.2. The van der Waals surface area contributed by atoms with Crippen molar-refractivity contribution in [2.75, 3.05) is 13.1 Å². The molecule has 1 atom stereocenters. The normalized spacial score (nSPS) is 13.2. The van der Waals surface area contributed by atoms with Crippen LogP contribution in [0.15, 0.2) is 48.5 Å². The van der Waals surface area contributed by atoms with Gasteiger partial charge >= 0.3 is 0 Å². The smallest absolute Gasteiger partial charge is 0.0843 e. The summed E-state index contributed by atoms with van der Waals surface area (Å²) in [6.45, 7) is 6.64. The summed E-state index contributed by atoms with van der Waals surface area (Å²) < 4.78 is 2.24. The quantitative estimate of drug-likeness (QED) is 0.652. The molecule has 0 unspecified atom stereocenters. The molecular weight excluding hydrogens is 284 g/mol. The van der Waals surface area contributed by atoms with E-state index in [1.165, 1.54) is 21.8 Å². The standard InChI is InChI=1S/C20H26N2O/c1-15(2)11-12-21-13-16(23)14-22-19-9-5-3-7-17(19)18-8-4-6-10-20(18)22/h3-10,15-16,21,23H,11-14H2,1-2H3/t16-/m0/s1. The van der Waals surface area contributed by atoms with Crippen molar-refractivity contribution in [3.05, 3.63) is 48.5 Å². The van der Waals surface area contributed by atoms with Crippen molar-refractivity contribution >= 4 is 21.8 Å². The van der Waals surface area contributed by atoms with Crippen LogP contribution in [-0.2, 0) is 6.54 Å². The maximum absolute atomic E-state index is 10.4. The van der Waals surface area contributed by atoms with Crippen molar-refractivity contribution < 1.29 is 5.11 Å². The van der Waals surface area contributed by atoms with E-state index in [0.29, 0.717) is 19.0 Å². The lowest BCUT2D eigenvalue weighted by molar-refractivity contribution is 0.154. The highest BCUT2D eigenvalue weighted by Gasteiger charge is 2.12. The Bertz CT molecular complexity index is 722. The van der Waals surface area contributed by atoms with Crippen LogP contribution >= 0.6 is 0 Å². The highest BCUT2D eigenvalue weighted by Crippen LogP contribution is 2.28. The minimum absolute atomic E-state index is 0.388. The molecule has 2 aromatic carbocycles. The zero-order chi connectivity index (χ0) is 16.2. The topological polar surface area (TPSA) is 37.2 Å². The predicted molar refractivity (Wildman–Crippen MR) is 97.8 cm³/mol. The molecule has 1 heterocycles. The molecule has 3 nitrogen and oxygen atoms in total. The lowest BCUT2D eigenvalue weighted by Crippen LogP contribution is -2.31. The fourth-order valence-corrected chi connectivity index (χ4v) is 3.13. The molecule has 0 aliphatic rings. The van der Waals surface area contributed by atoms with Crippen LogP contribution in [0.5, 0.6) is 0 Å². The first kappa shape index (κ1) is 16.0. The van der Waals surface area contributed by atoms with Crippen molar-refractivity contribution in [2.24, 2.45) is 5.92 Å². The number of hydrogen-bond donors (Lipinski definition) is 2. The van der Waals surface area contributed by atoms with Crippen molar-refractivity contribution in [2.45, 2.75) is 32.9 Å². The van der Waals surface area contributed by atoms with E-state index >= 15 is 0 Å². The van der Waals surface area contributed by atoms with Crippen molar-refractivity contribution in [3.8, 4) is 0 Å². The minimum atomic E-state index is -0.388. The molecule has 0 saturated carbocycles. The second-order valence-corrected chi connectivity index (χ2v) is 6.69. The lowest BCUT2D eigenvalue weighted by Gasteiger charge is -2.15. The van der Waals surface area contributed by atoms with Gasteiger partial charge in [0.2, 0.25) is 0 Å². The SMILES string of the molecule is CC(C)CCNC[C@H](O)Cn1c2ccccc2c2ccccc21. The second-order valence-electron chi connectivity index (χ2n) is 6.69. The van der Waals surface area contributed by atoms with E-state index < -0.39 is 0 Å². The molecule has 2 N–H and O–H groups in total. The molecule has 0 aliphatic carbocycles. The molecule has 1 aromatic heterocycles. The fraction of sp³-hybridized carbons (Fsp3) is 0.400. The average Bonchev–Trinajstić information content (AvgIpc) is 2.86. The summed E-state index contributed by atoms with van der Waals surface area (Å²) in [5.41, 5.74) is 2.38. The van der Waals surface area contributed by atoms with E-state index in [9.17, 15) is 5.11 Å². The van der Waals surface area contributed by atoms with Gasteiger partial charge in [-0.05, 0) is 31.0 Å². The molecule has 3 aromatic rings. The summed E-state index contributed by atoms with van der Waals surface area (Å²) in [6.07, 6.45) is 0.753. The minimum Gasteiger partial charge on any atom is -0.390 e. The van der Waals surface area contributed by atoms with Gasteiger partial charge in [0.25, 0.3) is 0 Å². The number of fused-ring (bicyclic) bond motifs is 3. The van der Waals surface area contributed by atoms with Crippen molar-refractivity contribution in [3.63, 3.8) is 0 Å². The summed E-state index contributed by atoms with van der Waals surface area (Å²) in [7, 11) is 0. The molecule has 122 valence electrons. The maximum Gasteiger partial charge on any atom is 0.0843 e. The van der Waals surface area contributed by atoms with Crippen LogP contribution in [0, 0.1) is 5.92 Å². The van der Waals surface area contributed by atoms with Gasteiger partial charge in [-0.3, -0.25) is 0 Å². The molecule has 0 bridgehead atoms. The van der Waals surface area contributed by atoms with Gasteiger partial charge in [-0.1, -0.05) is 50.2 Å². The third kappa shape index (κ3) is 3.57. The van der Waals surface area contributed by atoms with E-state index in [1.807, 2.05) is 0 Å². The third-order valence-corrected chi connectivity index (χ3v) is 4.35. The number of aliphatic hydroxyl groups excluding tert-OH is 1. The molecule has 0 radical (unpaired) electrons. The molecule has 0 spiro atoms. The van der Waals surface area contributed by atoms with Crippen molar-refractivity contribution in [1.29, 1.82) is 0 Å². The van der Waals surface area contributed by atoms with Crippen LogP contribution in [0.2, 0.25) is 0 Å². The molecule has 3 heteroatoms. The number of nitrogens with zero attached hydrogens (tertiary/aromatic N) is 1. The van der Waals surface area contributed by atoms with Crippen LogP contribution in [-0.4, -0.2) is 28.9 Å². The largest absolute Gasteiger partial charge is 0.390 e. The van der Waals surface area contributed by atoms with Gasteiger partial charge in [0.05, 0.1) is 12.6 Å². The predicted octanol–water partition coefficient (Wildman–Crippen LogP) is 3.79. The second kappa shape index (κ2) is 7.16. The number of benzene rings is 2. The Labute approximate surface area is 137 Å². The zero-order valence-corrected chi connectivity index (χ0v) is 14.0. The maximum atomic E-state index is 10.4. The van der Waals surface area contributed by atoms with Gasteiger partial charge in [0, 0.05) is 28.4 Å². The lowest BCUT2D eigenvalue weighted by atomic mass is 10.1. The Balaban J connectivity index is 1.79. The van der Waals surface area contributed by atoms with E-state index in [-0.39, 0.29) is 6.10 Å². The first-order valence-corrected chi connectivity index (χ1v) is 8.51. The first-order valence-electron chi connectivity index (χ1n) is 8.51. The highest BCUT2D eigenvalue weighted by molar-refractivity contribution is 6.07. The number of aromatic nitrogens is 1. The molecule has 3 rings (SSSR count). The zero-order valence-electron chi connectivity index (χ0n) is 14.0. The van der Waals surface area contributed by atoms with Crippen LogP contribution in [0.1, 0.15) is 20.3 Å². The molecule has 0 amide bonds. The van der Waals surface area contributed by atoms with Gasteiger partial charge in [-0.2, -0.15) is 0 Å². The number of hydrogen-bond acceptors (Lipinski definition) is 2. The van der Waals surface area contributed by atoms with Gasteiger partial charge in [-0.15, -0.1) is 0 Å². The summed E-state index contributed by atoms with van der Waals surface area (Å²) >= 11 is 0. The molecule has 0 fully saturated rings. The van der Waals surface area contributed by atoms with Crippen LogP contribution in [0.3, 0.4) is 0 Å². The van der Waals surface area contributed by atoms with E-state index in [1.54, 1.807) is 0 Å². The molecule has 0 aliphatic heterocycles. The van der Waals surface area contributed by atoms with Gasteiger partial charge in [0.15, 0.2) is 0 Å². The number of para-hydroxylation sites is 2. The molecular formula is C20H26N2O. The molecule has 23 heavy (non-hydrogen) atoms. The van der Waals surface area contributed by atoms with E-state index in [4.69, 9.17) is 0 Å². The van der Waals surface area contributed by atoms with Crippen LogP contribution in [0.25, 0.3) is 21.8 Å². The summed E-state index contributed by atoms with van der Waals surface area (Å²) in [5.74, 6) is 0.692. The average molecular weight is 310 g/mol. The number of rotatable bonds is 7. The van der Waals surface area contributed by atoms with Gasteiger partial charge in [0.1, 0.15) is 0 Å². The fourth-order valence-electron chi connectivity index (χ4n) is 3.13. The summed E-state index contributed by atoms with van der Waals surface area (Å²) in [6, 6.07) is 16.8. The highest BCUT2D eigenvalue weighted by atomic mass is 16.3. The van der Waals surface area contributed by atoms with Crippen LogP contribution in [0.4, 0.5) is 0 Å². The van der Waals surface area contributed by atoms with Crippen LogP contribution < -0.4 is 5.32 Å². The number of nitrogens with one attached hydrogen (secondary N) is 1.